The number of anilines is 1. The summed E-state index contributed by atoms with van der Waals surface area (Å²) in [5, 5.41) is 15.3. The van der Waals surface area contributed by atoms with Crippen molar-refractivity contribution in [2.75, 3.05) is 5.32 Å². The number of rotatable bonds is 3. The van der Waals surface area contributed by atoms with Crippen LogP contribution in [0.3, 0.4) is 0 Å². The van der Waals surface area contributed by atoms with Gasteiger partial charge in [-0.1, -0.05) is 16.5 Å². The molecule has 2 heterocycles. The van der Waals surface area contributed by atoms with Crippen LogP contribution in [0.5, 0.6) is 0 Å². The standard InChI is InChI=1S/C10H10N4O2S/c1-5-12-13-10(17-5)11-9(15)7-4-8(16-14-7)6-2-3-6/h4,6H,2-3H2,1H3,(H,11,13,15). The molecule has 0 aliphatic heterocycles. The Balaban J connectivity index is 1.72. The molecule has 1 aliphatic rings. The molecule has 0 spiro atoms. The third-order valence-electron chi connectivity index (χ3n) is 2.49. The maximum atomic E-state index is 11.8. The van der Waals surface area contributed by atoms with Crippen LogP contribution in [0.4, 0.5) is 5.13 Å². The molecule has 0 saturated heterocycles. The Labute approximate surface area is 101 Å². The Bertz CT molecular complexity index is 558. The molecule has 0 radical (unpaired) electrons. The minimum Gasteiger partial charge on any atom is -0.360 e. The van der Waals surface area contributed by atoms with Gasteiger partial charge < -0.3 is 4.52 Å². The van der Waals surface area contributed by atoms with Crippen LogP contribution in [0, 0.1) is 6.92 Å². The molecular weight excluding hydrogens is 240 g/mol. The lowest BCUT2D eigenvalue weighted by Crippen LogP contribution is -2.11. The van der Waals surface area contributed by atoms with Crippen molar-refractivity contribution in [1.29, 1.82) is 0 Å². The maximum absolute atomic E-state index is 11.8. The summed E-state index contributed by atoms with van der Waals surface area (Å²) in [6.45, 7) is 1.83. The molecule has 88 valence electrons. The first kappa shape index (κ1) is 10.4. The molecular formula is C10H10N4O2S. The molecule has 17 heavy (non-hydrogen) atoms. The van der Waals surface area contributed by atoms with Gasteiger partial charge in [-0.05, 0) is 19.8 Å². The van der Waals surface area contributed by atoms with E-state index in [9.17, 15) is 4.79 Å². The normalized spacial score (nSPS) is 14.9. The van der Waals surface area contributed by atoms with Crippen molar-refractivity contribution in [2.24, 2.45) is 0 Å². The average molecular weight is 250 g/mol. The number of hydrogen-bond acceptors (Lipinski definition) is 6. The van der Waals surface area contributed by atoms with E-state index >= 15 is 0 Å². The number of aryl methyl sites for hydroxylation is 1. The molecule has 7 heteroatoms. The number of carbonyl (C=O) groups is 1. The third kappa shape index (κ3) is 2.19. The van der Waals surface area contributed by atoms with Gasteiger partial charge in [0.25, 0.3) is 5.91 Å². The molecule has 1 aliphatic carbocycles. The predicted octanol–water partition coefficient (Wildman–Crippen LogP) is 1.96. The number of nitrogens with zero attached hydrogens (tertiary/aromatic N) is 3. The van der Waals surface area contributed by atoms with Crippen molar-refractivity contribution >= 4 is 22.4 Å². The highest BCUT2D eigenvalue weighted by Crippen LogP contribution is 2.40. The molecule has 3 rings (SSSR count). The molecule has 0 atom stereocenters. The van der Waals surface area contributed by atoms with Crippen LogP contribution in [0.1, 0.15) is 40.0 Å². The number of nitrogens with one attached hydrogen (secondary N) is 1. The van der Waals surface area contributed by atoms with Gasteiger partial charge in [0.15, 0.2) is 5.69 Å². The van der Waals surface area contributed by atoms with Crippen LogP contribution in [0.2, 0.25) is 0 Å². The first-order valence-electron chi connectivity index (χ1n) is 5.30. The van der Waals surface area contributed by atoms with E-state index in [4.69, 9.17) is 4.52 Å². The van der Waals surface area contributed by atoms with E-state index in [0.717, 1.165) is 23.6 Å². The molecule has 6 nitrogen and oxygen atoms in total. The monoisotopic (exact) mass is 250 g/mol. The second-order valence-corrected chi connectivity index (χ2v) is 5.15. The van der Waals surface area contributed by atoms with Crippen molar-refractivity contribution in [3.63, 3.8) is 0 Å². The van der Waals surface area contributed by atoms with Gasteiger partial charge in [-0.15, -0.1) is 10.2 Å². The molecule has 1 fully saturated rings. The topological polar surface area (TPSA) is 80.9 Å². The molecule has 0 aromatic carbocycles. The summed E-state index contributed by atoms with van der Waals surface area (Å²) in [4.78, 5) is 11.8. The van der Waals surface area contributed by atoms with E-state index < -0.39 is 0 Å². The Kier molecular flexibility index (Phi) is 2.40. The van der Waals surface area contributed by atoms with Gasteiger partial charge >= 0.3 is 0 Å². The molecule has 1 saturated carbocycles. The summed E-state index contributed by atoms with van der Waals surface area (Å²) in [6.07, 6.45) is 2.23. The zero-order valence-electron chi connectivity index (χ0n) is 9.14. The van der Waals surface area contributed by atoms with Gasteiger partial charge in [-0.2, -0.15) is 0 Å². The third-order valence-corrected chi connectivity index (χ3v) is 3.24. The first-order chi connectivity index (χ1) is 8.22. The van der Waals surface area contributed by atoms with Crippen molar-refractivity contribution in [3.05, 3.63) is 22.5 Å². The summed E-state index contributed by atoms with van der Waals surface area (Å²) in [5.74, 6) is 0.938. The van der Waals surface area contributed by atoms with Gasteiger partial charge in [-0.3, -0.25) is 10.1 Å². The zero-order valence-corrected chi connectivity index (χ0v) is 9.95. The van der Waals surface area contributed by atoms with Crippen molar-refractivity contribution in [3.8, 4) is 0 Å². The van der Waals surface area contributed by atoms with Crippen molar-refractivity contribution < 1.29 is 9.32 Å². The summed E-state index contributed by atoms with van der Waals surface area (Å²) in [5.41, 5.74) is 0.291. The van der Waals surface area contributed by atoms with E-state index in [2.05, 4.69) is 20.7 Å². The Morgan fingerprint density at radius 3 is 3.00 bits per heavy atom. The highest BCUT2D eigenvalue weighted by atomic mass is 32.1. The summed E-state index contributed by atoms with van der Waals surface area (Å²) in [7, 11) is 0. The van der Waals surface area contributed by atoms with Gasteiger partial charge in [0, 0.05) is 12.0 Å². The highest BCUT2D eigenvalue weighted by molar-refractivity contribution is 7.15. The second-order valence-electron chi connectivity index (χ2n) is 3.97. The van der Waals surface area contributed by atoms with E-state index in [0.29, 0.717) is 16.7 Å². The van der Waals surface area contributed by atoms with Crippen molar-refractivity contribution in [2.45, 2.75) is 25.7 Å². The zero-order chi connectivity index (χ0) is 11.8. The quantitative estimate of drug-likeness (QED) is 0.900. The van der Waals surface area contributed by atoms with Gasteiger partial charge in [-0.25, -0.2) is 0 Å². The van der Waals surface area contributed by atoms with Gasteiger partial charge in [0.2, 0.25) is 5.13 Å². The van der Waals surface area contributed by atoms with Crippen LogP contribution < -0.4 is 5.32 Å². The minimum atomic E-state index is -0.309. The van der Waals surface area contributed by atoms with Crippen LogP contribution in [-0.4, -0.2) is 21.3 Å². The molecule has 1 amide bonds. The number of aromatic nitrogens is 3. The lowest BCUT2D eigenvalue weighted by molar-refractivity contribution is 0.101. The van der Waals surface area contributed by atoms with E-state index in [1.165, 1.54) is 11.3 Å². The summed E-state index contributed by atoms with van der Waals surface area (Å²) < 4.78 is 5.11. The van der Waals surface area contributed by atoms with Crippen molar-refractivity contribution in [1.82, 2.24) is 15.4 Å². The van der Waals surface area contributed by atoms with E-state index in [-0.39, 0.29) is 5.91 Å². The fourth-order valence-electron chi connectivity index (χ4n) is 1.46. The Hall–Kier alpha value is -1.76. The predicted molar refractivity (Wildman–Crippen MR) is 61.1 cm³/mol. The molecule has 0 unspecified atom stereocenters. The lowest BCUT2D eigenvalue weighted by Gasteiger charge is -1.94. The molecule has 2 aromatic heterocycles. The Morgan fingerprint density at radius 1 is 1.53 bits per heavy atom. The first-order valence-corrected chi connectivity index (χ1v) is 6.12. The smallest absolute Gasteiger partial charge is 0.279 e. The number of carbonyl (C=O) groups excluding carboxylic acids is 1. The Morgan fingerprint density at radius 2 is 2.35 bits per heavy atom. The van der Waals surface area contributed by atoms with Crippen LogP contribution in [0.15, 0.2) is 10.6 Å². The number of amides is 1. The van der Waals surface area contributed by atoms with Crippen LogP contribution in [-0.2, 0) is 0 Å². The van der Waals surface area contributed by atoms with Gasteiger partial charge in [0.05, 0.1) is 0 Å². The van der Waals surface area contributed by atoms with Gasteiger partial charge in [0.1, 0.15) is 10.8 Å². The average Bonchev–Trinajstić information content (AvgIpc) is 2.88. The fraction of sp³-hybridized carbons (Fsp3) is 0.400. The molecule has 2 aromatic rings. The fourth-order valence-corrected chi connectivity index (χ4v) is 2.05. The molecule has 1 N–H and O–H groups in total. The van der Waals surface area contributed by atoms with Crippen LogP contribution >= 0.6 is 11.3 Å². The minimum absolute atomic E-state index is 0.291. The summed E-state index contributed by atoms with van der Waals surface area (Å²) >= 11 is 1.32. The largest absolute Gasteiger partial charge is 0.360 e. The van der Waals surface area contributed by atoms with E-state index in [1.54, 1.807) is 6.07 Å². The molecule has 0 bridgehead atoms. The summed E-state index contributed by atoms with van der Waals surface area (Å²) in [6, 6.07) is 1.70. The second kappa shape index (κ2) is 3.92. The highest BCUT2D eigenvalue weighted by Gasteiger charge is 2.29. The maximum Gasteiger partial charge on any atom is 0.279 e. The van der Waals surface area contributed by atoms with Crippen LogP contribution in [0.25, 0.3) is 0 Å². The lowest BCUT2D eigenvalue weighted by atomic mass is 10.3. The van der Waals surface area contributed by atoms with E-state index in [1.807, 2.05) is 6.92 Å². The SMILES string of the molecule is Cc1nnc(NC(=O)c2cc(C3CC3)on2)s1. The number of hydrogen-bond donors (Lipinski definition) is 1.